The Morgan fingerprint density at radius 1 is 1.04 bits per heavy atom. The highest BCUT2D eigenvalue weighted by Crippen LogP contribution is 2.33. The number of aromatic amines is 1. The number of carbonyl (C=O) groups is 2. The first kappa shape index (κ1) is 16.7. The summed E-state index contributed by atoms with van der Waals surface area (Å²) >= 11 is 0. The van der Waals surface area contributed by atoms with Gasteiger partial charge >= 0.3 is 0 Å². The van der Waals surface area contributed by atoms with E-state index >= 15 is 0 Å². The van der Waals surface area contributed by atoms with Crippen LogP contribution in [0.2, 0.25) is 0 Å². The van der Waals surface area contributed by atoms with Gasteiger partial charge in [-0.15, -0.1) is 0 Å². The number of benzene rings is 2. The molecule has 7 nitrogen and oxygen atoms in total. The largest absolute Gasteiger partial charge is 0.454 e. The lowest BCUT2D eigenvalue weighted by atomic mass is 10.1. The van der Waals surface area contributed by atoms with Gasteiger partial charge in [-0.25, -0.2) is 0 Å². The van der Waals surface area contributed by atoms with Crippen molar-refractivity contribution < 1.29 is 19.1 Å². The molecule has 28 heavy (non-hydrogen) atoms. The van der Waals surface area contributed by atoms with Crippen molar-refractivity contribution in [1.82, 2.24) is 14.8 Å². The molecule has 2 aliphatic rings. The molecule has 0 saturated carbocycles. The molecule has 1 N–H and O–H groups in total. The summed E-state index contributed by atoms with van der Waals surface area (Å²) in [5, 5.41) is 0.985. The topological polar surface area (TPSA) is 74.9 Å². The third-order valence-corrected chi connectivity index (χ3v) is 5.18. The Hall–Kier alpha value is -3.48. The van der Waals surface area contributed by atoms with Crippen LogP contribution in [-0.4, -0.2) is 53.0 Å². The number of hydrogen-bond acceptors (Lipinski definition) is 4. The molecule has 3 heterocycles. The maximum Gasteiger partial charge on any atom is 0.270 e. The summed E-state index contributed by atoms with van der Waals surface area (Å²) in [7, 11) is 0. The van der Waals surface area contributed by atoms with Gasteiger partial charge in [0.1, 0.15) is 12.2 Å². The molecule has 0 atom stereocenters. The standard InChI is InChI=1S/C21H19N3O4/c25-20-12-24(21(26)17-10-15-3-1-2-4-16(15)22-17)8-7-23(20)11-14-5-6-18-19(9-14)28-13-27-18/h1-6,9-10,22H,7-8,11-13H2. The van der Waals surface area contributed by atoms with Crippen molar-refractivity contribution in [2.45, 2.75) is 6.54 Å². The second-order valence-corrected chi connectivity index (χ2v) is 7.00. The number of piperazine rings is 1. The maximum absolute atomic E-state index is 12.8. The van der Waals surface area contributed by atoms with E-state index in [4.69, 9.17) is 9.47 Å². The minimum atomic E-state index is -0.146. The number of rotatable bonds is 3. The zero-order valence-electron chi connectivity index (χ0n) is 15.2. The Balaban J connectivity index is 1.26. The van der Waals surface area contributed by atoms with Gasteiger partial charge in [-0.05, 0) is 29.8 Å². The van der Waals surface area contributed by atoms with E-state index in [2.05, 4.69) is 4.98 Å². The highest BCUT2D eigenvalue weighted by molar-refractivity contribution is 5.99. The van der Waals surface area contributed by atoms with Crippen LogP contribution in [-0.2, 0) is 11.3 Å². The highest BCUT2D eigenvalue weighted by Gasteiger charge is 2.28. The second-order valence-electron chi connectivity index (χ2n) is 7.00. The van der Waals surface area contributed by atoms with Gasteiger partial charge in [0, 0.05) is 30.5 Å². The monoisotopic (exact) mass is 377 g/mol. The molecule has 0 bridgehead atoms. The average Bonchev–Trinajstić information content (AvgIpc) is 3.35. The third kappa shape index (κ3) is 2.94. The lowest BCUT2D eigenvalue weighted by Crippen LogP contribution is -2.51. The molecule has 1 fully saturated rings. The number of carbonyl (C=O) groups excluding carboxylic acids is 2. The Morgan fingerprint density at radius 2 is 1.89 bits per heavy atom. The van der Waals surface area contributed by atoms with Crippen molar-refractivity contribution >= 4 is 22.7 Å². The Morgan fingerprint density at radius 3 is 2.75 bits per heavy atom. The minimum absolute atomic E-state index is 0.0617. The van der Waals surface area contributed by atoms with Gasteiger partial charge in [-0.1, -0.05) is 24.3 Å². The molecule has 142 valence electrons. The molecule has 0 radical (unpaired) electrons. The van der Waals surface area contributed by atoms with Gasteiger partial charge < -0.3 is 24.3 Å². The van der Waals surface area contributed by atoms with Crippen LogP contribution in [0.15, 0.2) is 48.5 Å². The molecule has 1 saturated heterocycles. The van der Waals surface area contributed by atoms with Gasteiger partial charge in [0.25, 0.3) is 5.91 Å². The number of para-hydroxylation sites is 1. The Kier molecular flexibility index (Phi) is 3.93. The van der Waals surface area contributed by atoms with Crippen molar-refractivity contribution in [2.24, 2.45) is 0 Å². The molecule has 1 aromatic heterocycles. The normalized spacial score (nSPS) is 16.1. The summed E-state index contributed by atoms with van der Waals surface area (Å²) in [4.78, 5) is 31.9. The van der Waals surface area contributed by atoms with Crippen molar-refractivity contribution in [3.8, 4) is 11.5 Å². The number of fused-ring (bicyclic) bond motifs is 2. The van der Waals surface area contributed by atoms with Crippen LogP contribution in [0, 0.1) is 0 Å². The van der Waals surface area contributed by atoms with Gasteiger partial charge in [-0.2, -0.15) is 0 Å². The number of H-pyrrole nitrogens is 1. The molecule has 0 unspecified atom stereocenters. The van der Waals surface area contributed by atoms with Crippen LogP contribution in [0.5, 0.6) is 11.5 Å². The van der Waals surface area contributed by atoms with Gasteiger partial charge in [0.2, 0.25) is 12.7 Å². The lowest BCUT2D eigenvalue weighted by molar-refractivity contribution is -0.135. The fraction of sp³-hybridized carbons (Fsp3) is 0.238. The van der Waals surface area contributed by atoms with E-state index in [0.717, 1.165) is 22.2 Å². The van der Waals surface area contributed by atoms with E-state index in [1.165, 1.54) is 0 Å². The molecule has 3 aromatic rings. The van der Waals surface area contributed by atoms with E-state index in [0.29, 0.717) is 31.1 Å². The fourth-order valence-electron chi connectivity index (χ4n) is 3.67. The van der Waals surface area contributed by atoms with E-state index in [-0.39, 0.29) is 25.2 Å². The number of amides is 2. The predicted molar refractivity (Wildman–Crippen MR) is 102 cm³/mol. The predicted octanol–water partition coefficient (Wildman–Crippen LogP) is 2.38. The summed E-state index contributed by atoms with van der Waals surface area (Å²) in [6.07, 6.45) is 0. The van der Waals surface area contributed by atoms with Crippen LogP contribution in [0.4, 0.5) is 0 Å². The molecule has 2 amide bonds. The zero-order valence-corrected chi connectivity index (χ0v) is 15.2. The zero-order chi connectivity index (χ0) is 19.1. The molecule has 5 rings (SSSR count). The number of ether oxygens (including phenoxy) is 2. The lowest BCUT2D eigenvalue weighted by Gasteiger charge is -2.34. The molecule has 2 aromatic carbocycles. The first-order chi connectivity index (χ1) is 13.7. The molecular weight excluding hydrogens is 358 g/mol. The Labute approximate surface area is 161 Å². The summed E-state index contributed by atoms with van der Waals surface area (Å²) < 4.78 is 10.7. The number of nitrogens with one attached hydrogen (secondary N) is 1. The van der Waals surface area contributed by atoms with Gasteiger partial charge in [0.15, 0.2) is 11.5 Å². The first-order valence-electron chi connectivity index (χ1n) is 9.21. The smallest absolute Gasteiger partial charge is 0.270 e. The van der Waals surface area contributed by atoms with Gasteiger partial charge in [0.05, 0.1) is 0 Å². The van der Waals surface area contributed by atoms with Crippen molar-refractivity contribution in [1.29, 1.82) is 0 Å². The summed E-state index contributed by atoms with van der Waals surface area (Å²) in [6.45, 7) is 1.80. The SMILES string of the molecule is O=C1CN(C(=O)c2cc3ccccc3[nH]2)CCN1Cc1ccc2c(c1)OCO2. The second kappa shape index (κ2) is 6.60. The quantitative estimate of drug-likeness (QED) is 0.761. The minimum Gasteiger partial charge on any atom is -0.454 e. The molecule has 0 spiro atoms. The summed E-state index contributed by atoms with van der Waals surface area (Å²) in [5.74, 6) is 1.22. The number of aromatic nitrogens is 1. The van der Waals surface area contributed by atoms with Crippen LogP contribution >= 0.6 is 0 Å². The number of nitrogens with zero attached hydrogens (tertiary/aromatic N) is 2. The first-order valence-corrected chi connectivity index (χ1v) is 9.21. The van der Waals surface area contributed by atoms with Crippen molar-refractivity contribution in [3.05, 3.63) is 59.8 Å². The maximum atomic E-state index is 12.8. The van der Waals surface area contributed by atoms with Crippen LogP contribution in [0.3, 0.4) is 0 Å². The van der Waals surface area contributed by atoms with E-state index < -0.39 is 0 Å². The highest BCUT2D eigenvalue weighted by atomic mass is 16.7. The molecular formula is C21H19N3O4. The Bertz CT molecular complexity index is 1040. The summed E-state index contributed by atoms with van der Waals surface area (Å²) in [6, 6.07) is 15.3. The third-order valence-electron chi connectivity index (χ3n) is 5.18. The van der Waals surface area contributed by atoms with Gasteiger partial charge in [-0.3, -0.25) is 9.59 Å². The van der Waals surface area contributed by atoms with Crippen LogP contribution in [0.25, 0.3) is 10.9 Å². The van der Waals surface area contributed by atoms with Crippen LogP contribution < -0.4 is 9.47 Å². The summed E-state index contributed by atoms with van der Waals surface area (Å²) in [5.41, 5.74) is 2.41. The van der Waals surface area contributed by atoms with E-state index in [1.807, 2.05) is 48.5 Å². The van der Waals surface area contributed by atoms with Crippen molar-refractivity contribution in [2.75, 3.05) is 26.4 Å². The van der Waals surface area contributed by atoms with E-state index in [9.17, 15) is 9.59 Å². The number of hydrogen-bond donors (Lipinski definition) is 1. The van der Waals surface area contributed by atoms with Crippen LogP contribution in [0.1, 0.15) is 16.1 Å². The molecule has 0 aliphatic carbocycles. The van der Waals surface area contributed by atoms with Crippen molar-refractivity contribution in [3.63, 3.8) is 0 Å². The average molecular weight is 377 g/mol. The molecule has 2 aliphatic heterocycles. The van der Waals surface area contributed by atoms with E-state index in [1.54, 1.807) is 9.80 Å². The fourth-order valence-corrected chi connectivity index (χ4v) is 3.67. The molecule has 7 heteroatoms.